The van der Waals surface area contributed by atoms with Gasteiger partial charge in [0.15, 0.2) is 11.5 Å². The number of likely N-dealkylation sites (tertiary alicyclic amines) is 1. The van der Waals surface area contributed by atoms with Crippen LogP contribution in [0.2, 0.25) is 0 Å². The first kappa shape index (κ1) is 53.5. The number of benzene rings is 2. The molecular formula is C55H70N12O6S. The Hall–Kier alpha value is -6.80. The number of aromatic nitrogens is 6. The lowest BCUT2D eigenvalue weighted by molar-refractivity contribution is -0.144. The van der Waals surface area contributed by atoms with Crippen molar-refractivity contribution in [2.75, 3.05) is 49.5 Å². The number of amides is 3. The van der Waals surface area contributed by atoms with E-state index in [2.05, 4.69) is 59.4 Å². The minimum Gasteiger partial charge on any atom is -0.391 e. The molecule has 0 bridgehead atoms. The lowest BCUT2D eigenvalue weighted by Crippen LogP contribution is -2.57. The number of piperazine rings is 1. The van der Waals surface area contributed by atoms with Crippen molar-refractivity contribution in [1.82, 2.24) is 49.7 Å². The van der Waals surface area contributed by atoms with E-state index in [0.29, 0.717) is 34.9 Å². The summed E-state index contributed by atoms with van der Waals surface area (Å²) >= 11 is 1.58. The van der Waals surface area contributed by atoms with Gasteiger partial charge in [-0.15, -0.1) is 17.9 Å². The van der Waals surface area contributed by atoms with Gasteiger partial charge in [0.05, 0.1) is 40.5 Å². The third-order valence-corrected chi connectivity index (χ3v) is 14.8. The number of β-amino-alcohol motifs (C(OH)–C–C–N with tert-alkyl or cyclic N) is 1. The van der Waals surface area contributed by atoms with Gasteiger partial charge in [-0.05, 0) is 100 Å². The number of nitrogens with zero attached hydrogens (tertiary/aromatic N) is 9. The fraction of sp³-hybridized carbons (Fsp3) is 0.455. The van der Waals surface area contributed by atoms with Gasteiger partial charge in [0.2, 0.25) is 23.7 Å². The first-order valence-electron chi connectivity index (χ1n) is 25.5. The first-order chi connectivity index (χ1) is 35.3. The third-order valence-electron chi connectivity index (χ3n) is 13.9. The zero-order valence-corrected chi connectivity index (χ0v) is 44.4. The Kier molecular flexibility index (Phi) is 16.5. The highest BCUT2D eigenvalue weighted by atomic mass is 32.1. The van der Waals surface area contributed by atoms with E-state index in [0.717, 1.165) is 78.6 Å². The molecule has 3 amide bonds. The number of allylic oxidation sites excluding steroid dienone is 1. The van der Waals surface area contributed by atoms with E-state index >= 15 is 0 Å². The minimum absolute atomic E-state index is 0.0185. The number of pyridine rings is 1. The Bertz CT molecular complexity index is 3000. The Morgan fingerprint density at radius 2 is 1.65 bits per heavy atom. The maximum atomic E-state index is 14.2. The van der Waals surface area contributed by atoms with E-state index in [1.165, 1.54) is 15.8 Å². The van der Waals surface area contributed by atoms with Crippen molar-refractivity contribution in [3.05, 3.63) is 118 Å². The van der Waals surface area contributed by atoms with E-state index < -0.39 is 29.2 Å². The normalized spacial score (nSPS) is 17.3. The number of hydrogen-bond acceptors (Lipinski definition) is 14. The zero-order valence-electron chi connectivity index (χ0n) is 43.5. The maximum absolute atomic E-state index is 14.2. The molecule has 0 spiro atoms. The molecule has 0 saturated carbocycles. The molecule has 8 rings (SSSR count). The molecule has 4 atom stereocenters. The summed E-state index contributed by atoms with van der Waals surface area (Å²) in [6, 6.07) is 19.3. The van der Waals surface area contributed by atoms with Gasteiger partial charge in [-0.3, -0.25) is 24.1 Å². The van der Waals surface area contributed by atoms with Crippen LogP contribution in [0, 0.1) is 12.3 Å². The molecule has 0 radical (unpaired) electrons. The summed E-state index contributed by atoms with van der Waals surface area (Å²) in [5.74, 6) is -0.172. The molecule has 5 N–H and O–H groups in total. The summed E-state index contributed by atoms with van der Waals surface area (Å²) in [6.45, 7) is 21.4. The molecule has 4 aromatic heterocycles. The van der Waals surface area contributed by atoms with Crippen LogP contribution in [0.4, 0.5) is 17.3 Å². The average Bonchev–Trinajstić information content (AvgIpc) is 4.07. The van der Waals surface area contributed by atoms with Gasteiger partial charge in [-0.25, -0.2) is 24.3 Å². The maximum Gasteiger partial charge on any atom is 0.278 e. The zero-order chi connectivity index (χ0) is 52.9. The van der Waals surface area contributed by atoms with Crippen LogP contribution in [-0.2, 0) is 26.5 Å². The number of aliphatic hydroxyl groups excluding tert-OH is 1. The second kappa shape index (κ2) is 22.8. The molecular weight excluding hydrogens is 957 g/mol. The van der Waals surface area contributed by atoms with Crippen LogP contribution in [0.3, 0.4) is 0 Å². The van der Waals surface area contributed by atoms with Crippen LogP contribution in [0.5, 0.6) is 0 Å². The van der Waals surface area contributed by atoms with Crippen molar-refractivity contribution in [3.63, 3.8) is 0 Å². The van der Waals surface area contributed by atoms with Gasteiger partial charge in [-0.2, -0.15) is 4.98 Å². The number of anilines is 3. The number of unbranched alkanes of at least 4 members (excludes halogenated alkanes) is 2. The van der Waals surface area contributed by atoms with Crippen LogP contribution < -0.4 is 26.4 Å². The molecule has 2 aromatic carbocycles. The molecule has 6 aromatic rings. The van der Waals surface area contributed by atoms with Crippen molar-refractivity contribution in [1.29, 1.82) is 0 Å². The van der Waals surface area contributed by atoms with Crippen molar-refractivity contribution in [2.45, 2.75) is 117 Å². The minimum atomic E-state index is -1.19. The number of nitrogens with one attached hydrogen (secondary N) is 3. The van der Waals surface area contributed by atoms with Crippen LogP contribution >= 0.6 is 11.3 Å². The molecule has 0 unspecified atom stereocenters. The molecule has 392 valence electrons. The van der Waals surface area contributed by atoms with Crippen molar-refractivity contribution in [3.8, 4) is 16.3 Å². The van der Waals surface area contributed by atoms with Gasteiger partial charge < -0.3 is 36.0 Å². The molecule has 74 heavy (non-hydrogen) atoms. The highest BCUT2D eigenvalue weighted by Crippen LogP contribution is 2.31. The van der Waals surface area contributed by atoms with Gasteiger partial charge in [0.1, 0.15) is 23.1 Å². The molecule has 2 fully saturated rings. The lowest BCUT2D eigenvalue weighted by Gasteiger charge is -2.36. The second-order valence-corrected chi connectivity index (χ2v) is 21.9. The highest BCUT2D eigenvalue weighted by molar-refractivity contribution is 7.13. The van der Waals surface area contributed by atoms with Gasteiger partial charge in [0.25, 0.3) is 5.56 Å². The summed E-state index contributed by atoms with van der Waals surface area (Å²) in [7, 11) is 0. The molecule has 6 heterocycles. The van der Waals surface area contributed by atoms with E-state index in [1.807, 2.05) is 76.5 Å². The predicted octanol–water partition coefficient (Wildman–Crippen LogP) is 6.62. The largest absolute Gasteiger partial charge is 0.391 e. The number of aryl methyl sites for hydroxylation is 1. The summed E-state index contributed by atoms with van der Waals surface area (Å²) in [6.07, 6.45) is 5.19. The third kappa shape index (κ3) is 12.4. The standard InChI is InChI=1S/C55H70N12O6S/c1-9-25-66-51(71)42-32-56-53(62-49(42)67(66)45-15-13-14-44(60-45)55(7,8)73)59-39-21-23-40(24-22-39)64-29-27-63(28-30-64)26-12-10-11-16-46(69)61-48(54(4,5)6)52(72)65-33-41(68)31-43(65)50(70)58-35(2)37-17-19-38(20-18-37)47-36(3)57-34-74-47/h9,13-15,17-24,32,34-35,41,43,48,68,73H,1,10-12,16,25-31,33H2,2-8H3,(H,58,70)(H,61,69)(H,56,59,62)/t35-,41+,43-,48+/m0/s1. The number of thiazole rings is 1. The summed E-state index contributed by atoms with van der Waals surface area (Å²) in [5.41, 5.74) is 5.38. The number of carbonyl (C=O) groups excluding carboxylic acids is 3. The molecule has 18 nitrogen and oxygen atoms in total. The average molecular weight is 1030 g/mol. The van der Waals surface area contributed by atoms with E-state index in [4.69, 9.17) is 4.98 Å². The van der Waals surface area contributed by atoms with Crippen LogP contribution in [0.25, 0.3) is 27.3 Å². The number of rotatable bonds is 19. The Labute approximate surface area is 436 Å². The summed E-state index contributed by atoms with van der Waals surface area (Å²) in [4.78, 5) is 80.3. The highest BCUT2D eigenvalue weighted by Gasteiger charge is 2.44. The van der Waals surface area contributed by atoms with Gasteiger partial charge in [0, 0.05) is 63.1 Å². The molecule has 2 saturated heterocycles. The van der Waals surface area contributed by atoms with Crippen LogP contribution in [0.15, 0.2) is 95.9 Å². The Balaban J connectivity index is 0.779. The van der Waals surface area contributed by atoms with Gasteiger partial charge >= 0.3 is 0 Å². The monoisotopic (exact) mass is 1030 g/mol. The van der Waals surface area contributed by atoms with Crippen LogP contribution in [0.1, 0.15) is 96.6 Å². The molecule has 0 aliphatic carbocycles. The fourth-order valence-corrected chi connectivity index (χ4v) is 10.5. The topological polar surface area (TPSA) is 216 Å². The number of fused-ring (bicyclic) bond motifs is 1. The van der Waals surface area contributed by atoms with E-state index in [1.54, 1.807) is 54.1 Å². The quantitative estimate of drug-likeness (QED) is 0.0427. The summed E-state index contributed by atoms with van der Waals surface area (Å²) in [5, 5.41) is 31.0. The Morgan fingerprint density at radius 3 is 2.31 bits per heavy atom. The molecule has 19 heteroatoms. The SMILES string of the molecule is C=CCn1c(=O)c2cnc(Nc3ccc(N4CCN(CCCCCC(=O)N[C@H](C(=O)N5C[C@H](O)C[C@H]5C(=O)N[C@@H](C)c5ccc(-c6scnc6C)cc5)C(C)(C)C)CC4)cc3)nc2n1-c1cccc(C(C)(C)O)n1. The first-order valence-corrected chi connectivity index (χ1v) is 26.4. The van der Waals surface area contributed by atoms with Crippen molar-refractivity contribution < 1.29 is 24.6 Å². The number of hydrogen-bond donors (Lipinski definition) is 5. The number of carbonyl (C=O) groups is 3. The molecule has 2 aliphatic rings. The molecule has 2 aliphatic heterocycles. The Morgan fingerprint density at radius 1 is 0.919 bits per heavy atom. The second-order valence-electron chi connectivity index (χ2n) is 21.1. The van der Waals surface area contributed by atoms with Gasteiger partial charge in [-0.1, -0.05) is 63.6 Å². The lowest BCUT2D eigenvalue weighted by atomic mass is 9.85. The predicted molar refractivity (Wildman–Crippen MR) is 290 cm³/mol. The summed E-state index contributed by atoms with van der Waals surface area (Å²) < 4.78 is 3.13. The van der Waals surface area contributed by atoms with Crippen molar-refractivity contribution >= 4 is 57.4 Å². The van der Waals surface area contributed by atoms with Crippen LogP contribution in [-0.4, -0.2) is 124 Å². The van der Waals surface area contributed by atoms with E-state index in [9.17, 15) is 29.4 Å². The number of aliphatic hydroxyl groups is 2. The van der Waals surface area contributed by atoms with Crippen molar-refractivity contribution in [2.24, 2.45) is 5.41 Å². The van der Waals surface area contributed by atoms with E-state index in [-0.39, 0.29) is 55.3 Å². The fourth-order valence-electron chi connectivity index (χ4n) is 9.65. The smallest absolute Gasteiger partial charge is 0.278 e.